The number of ether oxygens (including phenoxy) is 2. The van der Waals surface area contributed by atoms with Gasteiger partial charge >= 0.3 is 5.97 Å². The Kier molecular flexibility index (Phi) is 6.98. The highest BCUT2D eigenvalue weighted by molar-refractivity contribution is 9.10. The first-order valence-corrected chi connectivity index (χ1v) is 9.82. The predicted octanol–water partition coefficient (Wildman–Crippen LogP) is 4.89. The maximum absolute atomic E-state index is 12.5. The molecule has 0 heterocycles. The number of para-hydroxylation sites is 1. The Morgan fingerprint density at radius 2 is 1.57 bits per heavy atom. The number of amides is 1. The predicted molar refractivity (Wildman–Crippen MR) is 116 cm³/mol. The molecule has 0 spiro atoms. The van der Waals surface area contributed by atoms with Crippen LogP contribution in [0.5, 0.6) is 11.5 Å². The van der Waals surface area contributed by atoms with Crippen LogP contribution in [0.1, 0.15) is 27.6 Å². The van der Waals surface area contributed by atoms with E-state index in [1.54, 1.807) is 60.7 Å². The fraction of sp³-hybridized carbons (Fsp3) is 0.0870. The number of Topliss-reactive ketones (excluding diaryl/α,β-unsaturated/α-hetero) is 1. The second-order valence-electron chi connectivity index (χ2n) is 6.31. The van der Waals surface area contributed by atoms with Crippen LogP contribution >= 0.6 is 15.9 Å². The van der Waals surface area contributed by atoms with Crippen LogP contribution in [0.25, 0.3) is 0 Å². The summed E-state index contributed by atoms with van der Waals surface area (Å²) in [5, 5.41) is 2.71. The van der Waals surface area contributed by atoms with Crippen LogP contribution in [-0.4, -0.2) is 24.3 Å². The first-order chi connectivity index (χ1) is 14.4. The largest absolute Gasteiger partial charge is 0.483 e. The van der Waals surface area contributed by atoms with Gasteiger partial charge in [0.2, 0.25) is 0 Å². The van der Waals surface area contributed by atoms with Crippen molar-refractivity contribution in [3.05, 3.63) is 88.4 Å². The smallest absolute Gasteiger partial charge is 0.347 e. The van der Waals surface area contributed by atoms with Crippen LogP contribution in [0.4, 0.5) is 5.69 Å². The molecular weight excluding hydrogens is 450 g/mol. The molecule has 0 aliphatic rings. The maximum Gasteiger partial charge on any atom is 0.347 e. The molecule has 30 heavy (non-hydrogen) atoms. The van der Waals surface area contributed by atoms with Crippen LogP contribution in [0.3, 0.4) is 0 Å². The molecule has 0 aliphatic carbocycles. The van der Waals surface area contributed by atoms with Crippen molar-refractivity contribution in [2.24, 2.45) is 0 Å². The fourth-order valence-electron chi connectivity index (χ4n) is 2.55. The molecule has 6 nitrogen and oxygen atoms in total. The van der Waals surface area contributed by atoms with Crippen molar-refractivity contribution in [1.82, 2.24) is 0 Å². The molecule has 152 valence electrons. The fourth-order valence-corrected chi connectivity index (χ4v) is 2.82. The summed E-state index contributed by atoms with van der Waals surface area (Å²) < 4.78 is 11.8. The van der Waals surface area contributed by atoms with Gasteiger partial charge in [-0.25, -0.2) is 4.79 Å². The van der Waals surface area contributed by atoms with Crippen molar-refractivity contribution in [2.45, 2.75) is 6.92 Å². The molecule has 0 aliphatic heterocycles. The number of halogens is 1. The zero-order valence-corrected chi connectivity index (χ0v) is 17.6. The normalized spacial score (nSPS) is 10.2. The Labute approximate surface area is 181 Å². The van der Waals surface area contributed by atoms with Gasteiger partial charge in [0.05, 0.1) is 0 Å². The van der Waals surface area contributed by atoms with Gasteiger partial charge in [-0.15, -0.1) is 0 Å². The number of rotatable bonds is 7. The van der Waals surface area contributed by atoms with E-state index < -0.39 is 5.97 Å². The van der Waals surface area contributed by atoms with Gasteiger partial charge in [-0.3, -0.25) is 9.59 Å². The molecule has 0 bridgehead atoms. The van der Waals surface area contributed by atoms with Gasteiger partial charge in [-0.1, -0.05) is 28.1 Å². The second-order valence-corrected chi connectivity index (χ2v) is 7.23. The highest BCUT2D eigenvalue weighted by atomic mass is 79.9. The van der Waals surface area contributed by atoms with Gasteiger partial charge in [-0.05, 0) is 67.6 Å². The third kappa shape index (κ3) is 5.78. The van der Waals surface area contributed by atoms with Crippen LogP contribution in [0.2, 0.25) is 0 Å². The Bertz CT molecular complexity index is 1060. The van der Waals surface area contributed by atoms with Gasteiger partial charge in [0.25, 0.3) is 5.91 Å². The van der Waals surface area contributed by atoms with Crippen molar-refractivity contribution >= 4 is 39.3 Å². The number of carbonyl (C=O) groups is 3. The molecule has 0 atom stereocenters. The molecule has 0 aromatic heterocycles. The number of esters is 1. The lowest BCUT2D eigenvalue weighted by Crippen LogP contribution is -2.21. The van der Waals surface area contributed by atoms with E-state index in [1.165, 1.54) is 6.92 Å². The van der Waals surface area contributed by atoms with Gasteiger partial charge < -0.3 is 14.8 Å². The number of hydrogen-bond donors (Lipinski definition) is 1. The summed E-state index contributed by atoms with van der Waals surface area (Å²) in [7, 11) is 0. The van der Waals surface area contributed by atoms with E-state index in [9.17, 15) is 14.4 Å². The van der Waals surface area contributed by atoms with E-state index in [-0.39, 0.29) is 29.6 Å². The van der Waals surface area contributed by atoms with Crippen LogP contribution in [0.15, 0.2) is 77.3 Å². The minimum absolute atomic E-state index is 0.0759. The Morgan fingerprint density at radius 3 is 2.23 bits per heavy atom. The lowest BCUT2D eigenvalue weighted by Gasteiger charge is -2.11. The molecule has 1 N–H and O–H groups in total. The SMILES string of the molecule is CC(=O)c1ccc(OC(=O)c2ccccc2OCC(=O)Nc2ccc(Br)cc2)cc1. The van der Waals surface area contributed by atoms with Crippen LogP contribution in [-0.2, 0) is 4.79 Å². The number of nitrogens with one attached hydrogen (secondary N) is 1. The van der Waals surface area contributed by atoms with Gasteiger partial charge in [0.1, 0.15) is 17.1 Å². The van der Waals surface area contributed by atoms with E-state index in [0.717, 1.165) is 4.47 Å². The van der Waals surface area contributed by atoms with Crippen molar-refractivity contribution in [3.63, 3.8) is 0 Å². The Hall–Kier alpha value is -3.45. The summed E-state index contributed by atoms with van der Waals surface area (Å²) in [5.74, 6) is -0.538. The summed E-state index contributed by atoms with van der Waals surface area (Å²) in [6.07, 6.45) is 0. The minimum atomic E-state index is -0.630. The first kappa shape index (κ1) is 21.3. The molecule has 3 rings (SSSR count). The summed E-state index contributed by atoms with van der Waals surface area (Å²) in [6, 6.07) is 19.9. The molecule has 0 saturated heterocycles. The minimum Gasteiger partial charge on any atom is -0.483 e. The van der Waals surface area contributed by atoms with Crippen molar-refractivity contribution in [2.75, 3.05) is 11.9 Å². The standard InChI is InChI=1S/C23H18BrNO5/c1-15(26)16-6-12-19(13-7-16)30-23(28)20-4-2-3-5-21(20)29-14-22(27)25-18-10-8-17(24)9-11-18/h2-13H,14H2,1H3,(H,25,27). The Balaban J connectivity index is 1.63. The highest BCUT2D eigenvalue weighted by Crippen LogP contribution is 2.21. The van der Waals surface area contributed by atoms with E-state index in [0.29, 0.717) is 17.0 Å². The zero-order chi connectivity index (χ0) is 21.5. The lowest BCUT2D eigenvalue weighted by atomic mass is 10.1. The molecule has 0 radical (unpaired) electrons. The van der Waals surface area contributed by atoms with E-state index in [1.807, 2.05) is 12.1 Å². The number of hydrogen-bond acceptors (Lipinski definition) is 5. The summed E-state index contributed by atoms with van der Waals surface area (Å²) in [5.41, 5.74) is 1.34. The molecule has 0 saturated carbocycles. The number of carbonyl (C=O) groups excluding carboxylic acids is 3. The lowest BCUT2D eigenvalue weighted by molar-refractivity contribution is -0.118. The maximum atomic E-state index is 12.5. The van der Waals surface area contributed by atoms with Gasteiger partial charge in [-0.2, -0.15) is 0 Å². The van der Waals surface area contributed by atoms with E-state index >= 15 is 0 Å². The quantitative estimate of drug-likeness (QED) is 0.304. The van der Waals surface area contributed by atoms with Gasteiger partial charge in [0.15, 0.2) is 12.4 Å². The molecule has 1 amide bonds. The molecule has 0 unspecified atom stereocenters. The molecule has 3 aromatic rings. The van der Waals surface area contributed by atoms with Crippen LogP contribution in [0, 0.1) is 0 Å². The number of benzene rings is 3. The monoisotopic (exact) mass is 467 g/mol. The third-order valence-corrected chi connectivity index (χ3v) is 4.59. The van der Waals surface area contributed by atoms with Crippen molar-refractivity contribution in [3.8, 4) is 11.5 Å². The molecule has 3 aromatic carbocycles. The Morgan fingerprint density at radius 1 is 0.900 bits per heavy atom. The highest BCUT2D eigenvalue weighted by Gasteiger charge is 2.16. The second kappa shape index (κ2) is 9.84. The zero-order valence-electron chi connectivity index (χ0n) is 16.1. The molecule has 7 heteroatoms. The third-order valence-electron chi connectivity index (χ3n) is 4.07. The first-order valence-electron chi connectivity index (χ1n) is 9.03. The van der Waals surface area contributed by atoms with Crippen LogP contribution < -0.4 is 14.8 Å². The van der Waals surface area contributed by atoms with Crippen molar-refractivity contribution < 1.29 is 23.9 Å². The van der Waals surface area contributed by atoms with Gasteiger partial charge in [0, 0.05) is 15.7 Å². The average Bonchev–Trinajstić information content (AvgIpc) is 2.74. The molecular formula is C23H18BrNO5. The van der Waals surface area contributed by atoms with E-state index in [4.69, 9.17) is 9.47 Å². The van der Waals surface area contributed by atoms with E-state index in [2.05, 4.69) is 21.2 Å². The van der Waals surface area contributed by atoms with Crippen molar-refractivity contribution in [1.29, 1.82) is 0 Å². The topological polar surface area (TPSA) is 81.7 Å². The molecule has 0 fully saturated rings. The summed E-state index contributed by atoms with van der Waals surface area (Å²) >= 11 is 3.33. The summed E-state index contributed by atoms with van der Waals surface area (Å²) in [6.45, 7) is 1.19. The summed E-state index contributed by atoms with van der Waals surface area (Å²) in [4.78, 5) is 36.0. The number of anilines is 1. The number of ketones is 1. The average molecular weight is 468 g/mol.